The Morgan fingerprint density at radius 2 is 2.20 bits per heavy atom. The third-order valence-electron chi connectivity index (χ3n) is 3.15. The summed E-state index contributed by atoms with van der Waals surface area (Å²) in [4.78, 5) is 13.6. The van der Waals surface area contributed by atoms with Crippen LogP contribution in [0, 0.1) is 0 Å². The summed E-state index contributed by atoms with van der Waals surface area (Å²) in [6.45, 7) is 2.66. The van der Waals surface area contributed by atoms with E-state index in [1.54, 1.807) is 7.05 Å². The number of nitrogens with two attached hydrogens (primary N) is 1. The number of nitrogens with one attached hydrogen (secondary N) is 1. The number of hydrogen-bond donors (Lipinski definition) is 2. The smallest absolute Gasteiger partial charge is 0.221 e. The number of hydrogen-bond acceptors (Lipinski definition) is 3. The molecule has 1 aliphatic carbocycles. The fourth-order valence-electron chi connectivity index (χ4n) is 1.89. The van der Waals surface area contributed by atoms with Gasteiger partial charge >= 0.3 is 0 Å². The van der Waals surface area contributed by atoms with Crippen LogP contribution < -0.4 is 11.1 Å². The van der Waals surface area contributed by atoms with E-state index in [4.69, 9.17) is 5.73 Å². The van der Waals surface area contributed by atoms with Crippen LogP contribution in [0.2, 0.25) is 0 Å². The van der Waals surface area contributed by atoms with Crippen LogP contribution in [0.25, 0.3) is 0 Å². The third-order valence-corrected chi connectivity index (χ3v) is 3.15. The predicted molar refractivity (Wildman–Crippen MR) is 61.6 cm³/mol. The van der Waals surface area contributed by atoms with Crippen LogP contribution in [0.15, 0.2) is 0 Å². The highest BCUT2D eigenvalue weighted by atomic mass is 16.1. The van der Waals surface area contributed by atoms with Crippen molar-refractivity contribution in [3.8, 4) is 0 Å². The van der Waals surface area contributed by atoms with Gasteiger partial charge in [0.15, 0.2) is 0 Å². The molecule has 15 heavy (non-hydrogen) atoms. The molecule has 4 heteroatoms. The lowest BCUT2D eigenvalue weighted by Crippen LogP contribution is -2.42. The summed E-state index contributed by atoms with van der Waals surface area (Å²) in [7, 11) is 1.69. The molecule has 0 aliphatic heterocycles. The minimum atomic E-state index is 0.132. The van der Waals surface area contributed by atoms with E-state index in [-0.39, 0.29) is 5.91 Å². The number of amides is 1. The van der Waals surface area contributed by atoms with Crippen LogP contribution in [0.1, 0.15) is 32.1 Å². The maximum Gasteiger partial charge on any atom is 0.221 e. The van der Waals surface area contributed by atoms with E-state index in [0.29, 0.717) is 12.5 Å². The molecular formula is C11H23N3O. The number of nitrogens with zero attached hydrogens (tertiary/aromatic N) is 1. The molecule has 0 aromatic carbocycles. The second-order valence-electron chi connectivity index (χ2n) is 4.19. The summed E-state index contributed by atoms with van der Waals surface area (Å²) in [6, 6.07) is 0.709. The molecule has 88 valence electrons. The van der Waals surface area contributed by atoms with Crippen LogP contribution in [-0.2, 0) is 4.79 Å². The van der Waals surface area contributed by atoms with Crippen molar-refractivity contribution in [3.63, 3.8) is 0 Å². The van der Waals surface area contributed by atoms with Gasteiger partial charge in [0.2, 0.25) is 5.91 Å². The van der Waals surface area contributed by atoms with Crippen LogP contribution in [0.3, 0.4) is 0 Å². The van der Waals surface area contributed by atoms with Crippen LogP contribution in [-0.4, -0.2) is 43.5 Å². The molecule has 0 saturated heterocycles. The number of rotatable bonds is 7. The highest BCUT2D eigenvalue weighted by molar-refractivity contribution is 5.75. The van der Waals surface area contributed by atoms with Gasteiger partial charge in [-0.25, -0.2) is 0 Å². The molecule has 0 atom stereocenters. The fraction of sp³-hybridized carbons (Fsp3) is 0.909. The zero-order chi connectivity index (χ0) is 11.1. The fourth-order valence-corrected chi connectivity index (χ4v) is 1.89. The van der Waals surface area contributed by atoms with Crippen molar-refractivity contribution < 1.29 is 4.79 Å². The minimum absolute atomic E-state index is 0.132. The average molecular weight is 213 g/mol. The van der Waals surface area contributed by atoms with Crippen molar-refractivity contribution >= 4 is 5.91 Å². The maximum absolute atomic E-state index is 11.2. The van der Waals surface area contributed by atoms with Gasteiger partial charge in [0.25, 0.3) is 0 Å². The van der Waals surface area contributed by atoms with Gasteiger partial charge in [0.05, 0.1) is 0 Å². The second kappa shape index (κ2) is 6.80. The van der Waals surface area contributed by atoms with Crippen molar-refractivity contribution in [1.29, 1.82) is 0 Å². The third kappa shape index (κ3) is 4.18. The SMILES string of the molecule is CNC(=O)CCN(CCCN)C1CCC1. The van der Waals surface area contributed by atoms with Gasteiger partial charge in [-0.1, -0.05) is 6.42 Å². The minimum Gasteiger partial charge on any atom is -0.359 e. The molecule has 1 amide bonds. The largest absolute Gasteiger partial charge is 0.359 e. The van der Waals surface area contributed by atoms with E-state index < -0.39 is 0 Å². The lowest BCUT2D eigenvalue weighted by molar-refractivity contribution is -0.121. The van der Waals surface area contributed by atoms with Gasteiger partial charge in [-0.3, -0.25) is 9.69 Å². The first-order chi connectivity index (χ1) is 7.27. The molecule has 1 saturated carbocycles. The Hall–Kier alpha value is -0.610. The molecule has 0 spiro atoms. The lowest BCUT2D eigenvalue weighted by Gasteiger charge is -2.37. The van der Waals surface area contributed by atoms with Gasteiger partial charge < -0.3 is 11.1 Å². The van der Waals surface area contributed by atoms with Gasteiger partial charge in [0.1, 0.15) is 0 Å². The van der Waals surface area contributed by atoms with E-state index in [1.165, 1.54) is 19.3 Å². The Morgan fingerprint density at radius 3 is 2.67 bits per heavy atom. The van der Waals surface area contributed by atoms with E-state index >= 15 is 0 Å². The quantitative estimate of drug-likeness (QED) is 0.640. The Morgan fingerprint density at radius 1 is 1.47 bits per heavy atom. The van der Waals surface area contributed by atoms with E-state index in [1.807, 2.05) is 0 Å². The van der Waals surface area contributed by atoms with Crippen LogP contribution in [0.5, 0.6) is 0 Å². The summed E-state index contributed by atoms with van der Waals surface area (Å²) >= 11 is 0. The van der Waals surface area contributed by atoms with Crippen LogP contribution >= 0.6 is 0 Å². The predicted octanol–water partition coefficient (Wildman–Crippen LogP) is 0.326. The molecule has 1 fully saturated rings. The summed E-state index contributed by atoms with van der Waals surface area (Å²) in [5, 5.41) is 2.66. The second-order valence-corrected chi connectivity index (χ2v) is 4.19. The van der Waals surface area contributed by atoms with Gasteiger partial charge in [-0.05, 0) is 32.4 Å². The van der Waals surface area contributed by atoms with Crippen molar-refractivity contribution in [2.45, 2.75) is 38.1 Å². The van der Waals surface area contributed by atoms with Crippen LogP contribution in [0.4, 0.5) is 0 Å². The standard InChI is InChI=1S/C11H23N3O/c1-13-11(15)6-9-14(8-3-7-12)10-4-2-5-10/h10H,2-9,12H2,1H3,(H,13,15). The zero-order valence-corrected chi connectivity index (χ0v) is 9.67. The topological polar surface area (TPSA) is 58.4 Å². The Bertz CT molecular complexity index is 192. The highest BCUT2D eigenvalue weighted by Crippen LogP contribution is 2.24. The maximum atomic E-state index is 11.2. The first kappa shape index (κ1) is 12.5. The number of carbonyl (C=O) groups is 1. The summed E-state index contributed by atoms with van der Waals surface area (Å²) < 4.78 is 0. The molecule has 0 aromatic rings. The Labute approximate surface area is 92.2 Å². The molecule has 0 unspecified atom stereocenters. The average Bonchev–Trinajstić information content (AvgIpc) is 2.18. The first-order valence-corrected chi connectivity index (χ1v) is 5.92. The molecular weight excluding hydrogens is 190 g/mol. The molecule has 0 radical (unpaired) electrons. The van der Waals surface area contributed by atoms with E-state index in [0.717, 1.165) is 26.1 Å². The Balaban J connectivity index is 2.24. The Kier molecular flexibility index (Phi) is 5.65. The first-order valence-electron chi connectivity index (χ1n) is 5.92. The molecule has 1 aliphatic rings. The van der Waals surface area contributed by atoms with E-state index in [2.05, 4.69) is 10.2 Å². The lowest BCUT2D eigenvalue weighted by atomic mass is 9.91. The number of carbonyl (C=O) groups excluding carboxylic acids is 1. The monoisotopic (exact) mass is 213 g/mol. The molecule has 0 heterocycles. The van der Waals surface area contributed by atoms with Gasteiger partial charge in [0, 0.05) is 26.1 Å². The van der Waals surface area contributed by atoms with Crippen molar-refractivity contribution in [2.75, 3.05) is 26.7 Å². The van der Waals surface area contributed by atoms with Crippen molar-refractivity contribution in [2.24, 2.45) is 5.73 Å². The van der Waals surface area contributed by atoms with Gasteiger partial charge in [-0.15, -0.1) is 0 Å². The summed E-state index contributed by atoms with van der Waals surface area (Å²) in [5.74, 6) is 0.132. The normalized spacial score (nSPS) is 16.5. The van der Waals surface area contributed by atoms with Crippen molar-refractivity contribution in [1.82, 2.24) is 10.2 Å². The molecule has 1 rings (SSSR count). The van der Waals surface area contributed by atoms with E-state index in [9.17, 15) is 4.79 Å². The summed E-state index contributed by atoms with van der Waals surface area (Å²) in [6.07, 6.45) is 5.56. The molecule has 3 N–H and O–H groups in total. The molecule has 4 nitrogen and oxygen atoms in total. The molecule has 0 aromatic heterocycles. The molecule has 0 bridgehead atoms. The van der Waals surface area contributed by atoms with Gasteiger partial charge in [-0.2, -0.15) is 0 Å². The van der Waals surface area contributed by atoms with Crippen molar-refractivity contribution in [3.05, 3.63) is 0 Å². The zero-order valence-electron chi connectivity index (χ0n) is 9.67. The highest BCUT2D eigenvalue weighted by Gasteiger charge is 2.24. The summed E-state index contributed by atoms with van der Waals surface area (Å²) in [5.41, 5.74) is 5.51.